The molecule has 0 unspecified atom stereocenters. The molecule has 32 heavy (non-hydrogen) atoms. The number of carbonyl (C=O) groups is 2. The molecule has 2 aromatic carbocycles. The van der Waals surface area contributed by atoms with Crippen molar-refractivity contribution in [2.75, 3.05) is 20.1 Å². The zero-order valence-corrected chi connectivity index (χ0v) is 19.6. The SMILES string of the molecule is CC(C)N(C)C(=O)c1ccc(CNC(=O)C2CCN(S(=O)(=O)c3ccccc3)CC2)cc1. The molecular formula is C24H31N3O4S. The molecule has 0 radical (unpaired) electrons. The van der Waals surface area contributed by atoms with Crippen molar-refractivity contribution < 1.29 is 18.0 Å². The number of sulfonamides is 1. The van der Waals surface area contributed by atoms with Crippen molar-refractivity contribution in [2.45, 2.75) is 44.2 Å². The van der Waals surface area contributed by atoms with Gasteiger partial charge in [-0.2, -0.15) is 4.31 Å². The zero-order valence-electron chi connectivity index (χ0n) is 18.8. The lowest BCUT2D eigenvalue weighted by molar-refractivity contribution is -0.126. The maximum atomic E-state index is 12.7. The van der Waals surface area contributed by atoms with Crippen molar-refractivity contribution >= 4 is 21.8 Å². The van der Waals surface area contributed by atoms with Crippen molar-refractivity contribution in [3.63, 3.8) is 0 Å². The quantitative estimate of drug-likeness (QED) is 0.693. The number of amides is 2. The molecule has 2 aromatic rings. The van der Waals surface area contributed by atoms with Crippen LogP contribution in [0.25, 0.3) is 0 Å². The van der Waals surface area contributed by atoms with E-state index in [1.807, 2.05) is 26.0 Å². The minimum Gasteiger partial charge on any atom is -0.352 e. The zero-order chi connectivity index (χ0) is 23.3. The van der Waals surface area contributed by atoms with Crippen LogP contribution in [0.5, 0.6) is 0 Å². The first kappa shape index (κ1) is 23.9. The number of nitrogens with zero attached hydrogens (tertiary/aromatic N) is 2. The summed E-state index contributed by atoms with van der Waals surface area (Å²) in [6, 6.07) is 15.7. The van der Waals surface area contributed by atoms with E-state index in [1.165, 1.54) is 4.31 Å². The number of carbonyl (C=O) groups excluding carboxylic acids is 2. The van der Waals surface area contributed by atoms with Gasteiger partial charge in [0.05, 0.1) is 4.90 Å². The van der Waals surface area contributed by atoms with Gasteiger partial charge in [0.1, 0.15) is 0 Å². The molecule has 1 aliphatic rings. The first-order chi connectivity index (χ1) is 15.2. The highest BCUT2D eigenvalue weighted by Gasteiger charge is 2.31. The second kappa shape index (κ2) is 10.3. The van der Waals surface area contributed by atoms with E-state index in [9.17, 15) is 18.0 Å². The minimum atomic E-state index is -3.52. The van der Waals surface area contributed by atoms with Gasteiger partial charge < -0.3 is 10.2 Å². The lowest BCUT2D eigenvalue weighted by Gasteiger charge is -2.30. The Labute approximate surface area is 190 Å². The molecule has 1 saturated heterocycles. The van der Waals surface area contributed by atoms with Crippen molar-refractivity contribution in [1.82, 2.24) is 14.5 Å². The highest BCUT2D eigenvalue weighted by atomic mass is 32.2. The van der Waals surface area contributed by atoms with E-state index in [0.717, 1.165) is 5.56 Å². The molecule has 172 valence electrons. The predicted octanol–water partition coefficient (Wildman–Crippen LogP) is 2.88. The van der Waals surface area contributed by atoms with Gasteiger partial charge in [-0.15, -0.1) is 0 Å². The van der Waals surface area contributed by atoms with Gasteiger partial charge in [0, 0.05) is 44.2 Å². The number of rotatable bonds is 7. The third-order valence-electron chi connectivity index (χ3n) is 5.97. The summed E-state index contributed by atoms with van der Waals surface area (Å²) >= 11 is 0. The third kappa shape index (κ3) is 5.55. The topological polar surface area (TPSA) is 86.8 Å². The van der Waals surface area contributed by atoms with Gasteiger partial charge in [-0.25, -0.2) is 8.42 Å². The molecule has 8 heteroatoms. The van der Waals surface area contributed by atoms with Crippen LogP contribution in [0, 0.1) is 5.92 Å². The Kier molecular flexibility index (Phi) is 7.69. The molecule has 1 heterocycles. The molecule has 0 aromatic heterocycles. The molecule has 0 aliphatic carbocycles. The monoisotopic (exact) mass is 457 g/mol. The minimum absolute atomic E-state index is 0.0344. The highest BCUT2D eigenvalue weighted by molar-refractivity contribution is 7.89. The summed E-state index contributed by atoms with van der Waals surface area (Å²) < 4.78 is 26.9. The smallest absolute Gasteiger partial charge is 0.253 e. The summed E-state index contributed by atoms with van der Waals surface area (Å²) in [5.41, 5.74) is 1.52. The van der Waals surface area contributed by atoms with E-state index < -0.39 is 10.0 Å². The standard InChI is InChI=1S/C24H31N3O4S/c1-18(2)26(3)24(29)21-11-9-19(10-12-21)17-25-23(28)20-13-15-27(16-14-20)32(30,31)22-7-5-4-6-8-22/h4-12,18,20H,13-17H2,1-3H3,(H,25,28). The van der Waals surface area contributed by atoms with E-state index in [4.69, 9.17) is 0 Å². The van der Waals surface area contributed by atoms with Crippen LogP contribution in [0.1, 0.15) is 42.6 Å². The van der Waals surface area contributed by atoms with Gasteiger partial charge in [-0.05, 0) is 56.5 Å². The second-order valence-electron chi connectivity index (χ2n) is 8.42. The maximum absolute atomic E-state index is 12.7. The van der Waals surface area contributed by atoms with E-state index in [-0.39, 0.29) is 28.7 Å². The molecule has 0 atom stereocenters. The first-order valence-corrected chi connectivity index (χ1v) is 12.3. The highest BCUT2D eigenvalue weighted by Crippen LogP contribution is 2.24. The van der Waals surface area contributed by atoms with Gasteiger partial charge in [0.25, 0.3) is 5.91 Å². The Morgan fingerprint density at radius 1 is 1.03 bits per heavy atom. The van der Waals surface area contributed by atoms with E-state index >= 15 is 0 Å². The molecule has 2 amide bonds. The van der Waals surface area contributed by atoms with Gasteiger partial charge in [0.15, 0.2) is 0 Å². The molecular weight excluding hydrogens is 426 g/mol. The fourth-order valence-electron chi connectivity index (χ4n) is 3.64. The molecule has 1 aliphatic heterocycles. The lowest BCUT2D eigenvalue weighted by atomic mass is 9.97. The summed E-state index contributed by atoms with van der Waals surface area (Å²) in [5.74, 6) is -0.313. The lowest BCUT2D eigenvalue weighted by Crippen LogP contribution is -2.42. The van der Waals surface area contributed by atoms with Crippen molar-refractivity contribution in [3.8, 4) is 0 Å². The molecule has 0 saturated carbocycles. The van der Waals surface area contributed by atoms with Crippen LogP contribution in [0.3, 0.4) is 0 Å². The third-order valence-corrected chi connectivity index (χ3v) is 7.88. The largest absolute Gasteiger partial charge is 0.352 e. The second-order valence-corrected chi connectivity index (χ2v) is 10.4. The van der Waals surface area contributed by atoms with Crippen molar-refractivity contribution in [3.05, 3.63) is 65.7 Å². The molecule has 3 rings (SSSR count). The average molecular weight is 458 g/mol. The number of hydrogen-bond acceptors (Lipinski definition) is 4. The molecule has 1 N–H and O–H groups in total. The number of hydrogen-bond donors (Lipinski definition) is 1. The Morgan fingerprint density at radius 2 is 1.62 bits per heavy atom. The maximum Gasteiger partial charge on any atom is 0.253 e. The normalized spacial score (nSPS) is 15.5. The van der Waals surface area contributed by atoms with Crippen LogP contribution in [0.15, 0.2) is 59.5 Å². The summed E-state index contributed by atoms with van der Waals surface area (Å²) in [6.45, 7) is 4.95. The summed E-state index contributed by atoms with van der Waals surface area (Å²) in [7, 11) is -1.74. The molecule has 1 fully saturated rings. The van der Waals surface area contributed by atoms with E-state index in [1.54, 1.807) is 54.4 Å². The van der Waals surface area contributed by atoms with Crippen LogP contribution < -0.4 is 5.32 Å². The molecule has 0 bridgehead atoms. The fraction of sp³-hybridized carbons (Fsp3) is 0.417. The summed E-state index contributed by atoms with van der Waals surface area (Å²) in [5, 5.41) is 2.94. The number of nitrogens with one attached hydrogen (secondary N) is 1. The van der Waals surface area contributed by atoms with Gasteiger partial charge in [-0.3, -0.25) is 9.59 Å². The van der Waals surface area contributed by atoms with Crippen LogP contribution >= 0.6 is 0 Å². The Morgan fingerprint density at radius 3 is 2.19 bits per heavy atom. The predicted molar refractivity (Wildman–Crippen MR) is 123 cm³/mol. The van der Waals surface area contributed by atoms with Crippen LogP contribution in [-0.4, -0.2) is 55.6 Å². The Hall–Kier alpha value is -2.71. The molecule has 0 spiro atoms. The van der Waals surface area contributed by atoms with E-state index in [0.29, 0.717) is 38.0 Å². The van der Waals surface area contributed by atoms with Gasteiger partial charge in [0.2, 0.25) is 15.9 Å². The Balaban J connectivity index is 1.50. The average Bonchev–Trinajstić information content (AvgIpc) is 2.82. The van der Waals surface area contributed by atoms with Gasteiger partial charge >= 0.3 is 0 Å². The molecule has 7 nitrogen and oxygen atoms in total. The van der Waals surface area contributed by atoms with Crippen molar-refractivity contribution in [1.29, 1.82) is 0 Å². The number of piperidine rings is 1. The van der Waals surface area contributed by atoms with E-state index in [2.05, 4.69) is 5.32 Å². The Bertz CT molecular complexity index is 1030. The first-order valence-electron chi connectivity index (χ1n) is 10.9. The summed E-state index contributed by atoms with van der Waals surface area (Å²) in [6.07, 6.45) is 0.986. The van der Waals surface area contributed by atoms with Crippen LogP contribution in [0.2, 0.25) is 0 Å². The van der Waals surface area contributed by atoms with Crippen LogP contribution in [-0.2, 0) is 21.4 Å². The van der Waals surface area contributed by atoms with Crippen molar-refractivity contribution in [2.24, 2.45) is 5.92 Å². The van der Waals surface area contributed by atoms with Gasteiger partial charge in [-0.1, -0.05) is 30.3 Å². The number of benzene rings is 2. The van der Waals surface area contributed by atoms with Crippen LogP contribution in [0.4, 0.5) is 0 Å². The summed E-state index contributed by atoms with van der Waals surface area (Å²) in [4.78, 5) is 26.9. The fourth-order valence-corrected chi connectivity index (χ4v) is 5.13.